The number of thioether (sulfide) groups is 1. The molecule has 0 spiro atoms. The summed E-state index contributed by atoms with van der Waals surface area (Å²) in [5.41, 5.74) is 3.64. The zero-order valence-corrected chi connectivity index (χ0v) is 18.8. The van der Waals surface area contributed by atoms with Gasteiger partial charge in [0.2, 0.25) is 5.91 Å². The number of rotatable bonds is 6. The maximum Gasteiger partial charge on any atom is 0.237 e. The SMILES string of the molecule is O=C(CSc1nnc(-c2ccccc2F)n1Cc1ccccc1)N1CCCc2ccccc21. The predicted molar refractivity (Wildman–Crippen MR) is 129 cm³/mol. The molecule has 0 saturated carbocycles. The molecule has 0 bridgehead atoms. The summed E-state index contributed by atoms with van der Waals surface area (Å²) in [6, 6.07) is 24.5. The smallest absolute Gasteiger partial charge is 0.237 e. The first-order valence-corrected chi connectivity index (χ1v) is 11.9. The molecule has 0 saturated heterocycles. The van der Waals surface area contributed by atoms with Crippen molar-refractivity contribution >= 4 is 23.4 Å². The summed E-state index contributed by atoms with van der Waals surface area (Å²) in [7, 11) is 0. The molecular formula is C26H23FN4OS. The average Bonchev–Trinajstić information content (AvgIpc) is 3.25. The van der Waals surface area contributed by atoms with E-state index in [2.05, 4.69) is 16.3 Å². The van der Waals surface area contributed by atoms with Gasteiger partial charge in [0.1, 0.15) is 5.82 Å². The summed E-state index contributed by atoms with van der Waals surface area (Å²) in [6.07, 6.45) is 1.94. The largest absolute Gasteiger partial charge is 0.311 e. The van der Waals surface area contributed by atoms with E-state index in [4.69, 9.17) is 0 Å². The number of carbonyl (C=O) groups excluding carboxylic acids is 1. The standard InChI is InChI=1S/C26H23FN4OS/c27-22-14-6-5-13-21(22)25-28-29-26(31(25)17-19-9-2-1-3-10-19)33-18-24(32)30-16-8-12-20-11-4-7-15-23(20)30/h1-7,9-11,13-15H,8,12,16-18H2. The molecule has 7 heteroatoms. The van der Waals surface area contributed by atoms with Crippen molar-refractivity contribution in [3.05, 3.63) is 95.8 Å². The minimum Gasteiger partial charge on any atom is -0.311 e. The van der Waals surface area contributed by atoms with Crippen LogP contribution in [0.3, 0.4) is 0 Å². The fourth-order valence-electron chi connectivity index (χ4n) is 4.14. The molecule has 0 unspecified atom stereocenters. The van der Waals surface area contributed by atoms with Crippen LogP contribution in [-0.2, 0) is 17.8 Å². The summed E-state index contributed by atoms with van der Waals surface area (Å²) in [6.45, 7) is 1.20. The van der Waals surface area contributed by atoms with Crippen molar-refractivity contribution < 1.29 is 9.18 Å². The number of aromatic nitrogens is 3. The fourth-order valence-corrected chi connectivity index (χ4v) is 4.96. The van der Waals surface area contributed by atoms with E-state index in [0.29, 0.717) is 29.6 Å². The summed E-state index contributed by atoms with van der Waals surface area (Å²) in [5.74, 6) is 0.374. The molecule has 1 aliphatic rings. The molecule has 0 atom stereocenters. The second-order valence-corrected chi connectivity index (χ2v) is 8.87. The molecular weight excluding hydrogens is 435 g/mol. The number of fused-ring (bicyclic) bond motifs is 1. The van der Waals surface area contributed by atoms with Crippen LogP contribution in [0.25, 0.3) is 11.4 Å². The van der Waals surface area contributed by atoms with Crippen LogP contribution in [0.5, 0.6) is 0 Å². The van der Waals surface area contributed by atoms with Gasteiger partial charge in [0, 0.05) is 12.2 Å². The Kier molecular flexibility index (Phi) is 6.21. The number of benzene rings is 3. The average molecular weight is 459 g/mol. The molecule has 2 heterocycles. The number of halogens is 1. The molecule has 5 nitrogen and oxygen atoms in total. The Hall–Kier alpha value is -3.45. The van der Waals surface area contributed by atoms with Crippen LogP contribution >= 0.6 is 11.8 Å². The second kappa shape index (κ2) is 9.58. The fraction of sp³-hybridized carbons (Fsp3) is 0.192. The van der Waals surface area contributed by atoms with Crippen LogP contribution in [0.2, 0.25) is 0 Å². The van der Waals surface area contributed by atoms with Crippen LogP contribution in [0.4, 0.5) is 10.1 Å². The van der Waals surface area contributed by atoms with E-state index >= 15 is 0 Å². The highest BCUT2D eigenvalue weighted by atomic mass is 32.2. The van der Waals surface area contributed by atoms with Crippen LogP contribution in [0.1, 0.15) is 17.5 Å². The Morgan fingerprint density at radius 2 is 1.70 bits per heavy atom. The Bertz CT molecular complexity index is 1270. The highest BCUT2D eigenvalue weighted by Gasteiger charge is 2.24. The van der Waals surface area contributed by atoms with Gasteiger partial charge in [-0.3, -0.25) is 9.36 Å². The molecule has 33 heavy (non-hydrogen) atoms. The number of carbonyl (C=O) groups is 1. The first-order valence-electron chi connectivity index (χ1n) is 10.9. The maximum absolute atomic E-state index is 14.6. The van der Waals surface area contributed by atoms with Crippen molar-refractivity contribution in [2.75, 3.05) is 17.2 Å². The Labute approximate surface area is 196 Å². The number of amides is 1. The molecule has 1 aliphatic heterocycles. The van der Waals surface area contributed by atoms with Gasteiger partial charge in [-0.1, -0.05) is 72.4 Å². The van der Waals surface area contributed by atoms with Crippen LogP contribution in [0.15, 0.2) is 84.0 Å². The third-order valence-corrected chi connectivity index (χ3v) is 6.70. The van der Waals surface area contributed by atoms with Crippen molar-refractivity contribution in [3.63, 3.8) is 0 Å². The summed E-state index contributed by atoms with van der Waals surface area (Å²) < 4.78 is 16.4. The lowest BCUT2D eigenvalue weighted by Crippen LogP contribution is -2.36. The molecule has 5 rings (SSSR count). The van der Waals surface area contributed by atoms with Gasteiger partial charge in [-0.25, -0.2) is 4.39 Å². The van der Waals surface area contributed by atoms with Gasteiger partial charge in [0.15, 0.2) is 11.0 Å². The van der Waals surface area contributed by atoms with E-state index < -0.39 is 0 Å². The van der Waals surface area contributed by atoms with Crippen LogP contribution < -0.4 is 4.90 Å². The number of hydrogen-bond acceptors (Lipinski definition) is 4. The quantitative estimate of drug-likeness (QED) is 0.373. The lowest BCUT2D eigenvalue weighted by Gasteiger charge is -2.29. The lowest BCUT2D eigenvalue weighted by atomic mass is 10.0. The van der Waals surface area contributed by atoms with Crippen molar-refractivity contribution in [1.82, 2.24) is 14.8 Å². The van der Waals surface area contributed by atoms with Gasteiger partial charge in [-0.2, -0.15) is 0 Å². The number of nitrogens with zero attached hydrogens (tertiary/aromatic N) is 4. The molecule has 0 N–H and O–H groups in total. The number of para-hydroxylation sites is 1. The van der Waals surface area contributed by atoms with Gasteiger partial charge in [0.25, 0.3) is 0 Å². The van der Waals surface area contributed by atoms with E-state index in [1.807, 2.05) is 58.0 Å². The van der Waals surface area contributed by atoms with Gasteiger partial charge in [-0.15, -0.1) is 10.2 Å². The topological polar surface area (TPSA) is 51.0 Å². The highest BCUT2D eigenvalue weighted by Crippen LogP contribution is 2.30. The minimum atomic E-state index is -0.350. The number of aryl methyl sites for hydroxylation is 1. The monoisotopic (exact) mass is 458 g/mol. The lowest BCUT2D eigenvalue weighted by molar-refractivity contribution is -0.116. The van der Waals surface area contributed by atoms with E-state index in [-0.39, 0.29) is 17.5 Å². The molecule has 3 aromatic carbocycles. The molecule has 0 radical (unpaired) electrons. The predicted octanol–water partition coefficient (Wildman–Crippen LogP) is 5.20. The first-order chi connectivity index (χ1) is 16.2. The zero-order valence-electron chi connectivity index (χ0n) is 18.0. The summed E-state index contributed by atoms with van der Waals surface area (Å²) in [4.78, 5) is 15.0. The van der Waals surface area contributed by atoms with E-state index in [0.717, 1.165) is 24.1 Å². The van der Waals surface area contributed by atoms with Crippen LogP contribution in [0, 0.1) is 5.82 Å². The van der Waals surface area contributed by atoms with E-state index in [1.54, 1.807) is 18.2 Å². The Balaban J connectivity index is 1.41. The van der Waals surface area contributed by atoms with Crippen molar-refractivity contribution in [3.8, 4) is 11.4 Å². The third-order valence-electron chi connectivity index (χ3n) is 5.75. The minimum absolute atomic E-state index is 0.0360. The van der Waals surface area contributed by atoms with Crippen molar-refractivity contribution in [2.45, 2.75) is 24.5 Å². The zero-order chi connectivity index (χ0) is 22.6. The highest BCUT2D eigenvalue weighted by molar-refractivity contribution is 7.99. The maximum atomic E-state index is 14.6. The molecule has 0 fully saturated rings. The van der Waals surface area contributed by atoms with Gasteiger partial charge in [-0.05, 0) is 42.2 Å². The normalized spacial score (nSPS) is 13.1. The molecule has 4 aromatic rings. The summed E-state index contributed by atoms with van der Waals surface area (Å²) >= 11 is 1.34. The molecule has 0 aliphatic carbocycles. The van der Waals surface area contributed by atoms with Crippen molar-refractivity contribution in [1.29, 1.82) is 0 Å². The van der Waals surface area contributed by atoms with Gasteiger partial charge in [0.05, 0.1) is 17.9 Å². The molecule has 166 valence electrons. The van der Waals surface area contributed by atoms with E-state index in [9.17, 15) is 9.18 Å². The van der Waals surface area contributed by atoms with Gasteiger partial charge < -0.3 is 4.90 Å². The van der Waals surface area contributed by atoms with Crippen LogP contribution in [-0.4, -0.2) is 33.0 Å². The Morgan fingerprint density at radius 3 is 2.55 bits per heavy atom. The second-order valence-electron chi connectivity index (χ2n) is 7.92. The molecule has 1 amide bonds. The summed E-state index contributed by atoms with van der Waals surface area (Å²) in [5, 5.41) is 9.22. The third kappa shape index (κ3) is 4.54. The molecule has 1 aromatic heterocycles. The van der Waals surface area contributed by atoms with Crippen molar-refractivity contribution in [2.24, 2.45) is 0 Å². The number of hydrogen-bond donors (Lipinski definition) is 0. The first kappa shape index (κ1) is 21.4. The van der Waals surface area contributed by atoms with E-state index in [1.165, 1.54) is 23.4 Å². The number of anilines is 1. The van der Waals surface area contributed by atoms with Gasteiger partial charge >= 0.3 is 0 Å². The Morgan fingerprint density at radius 1 is 0.939 bits per heavy atom.